The van der Waals surface area contributed by atoms with Gasteiger partial charge in [0.1, 0.15) is 11.5 Å². The molecule has 0 bridgehead atoms. The summed E-state index contributed by atoms with van der Waals surface area (Å²) in [5, 5.41) is 0. The monoisotopic (exact) mass is 494 g/mol. The molecule has 0 saturated carbocycles. The van der Waals surface area contributed by atoms with Crippen LogP contribution in [-0.2, 0) is 0 Å². The van der Waals surface area contributed by atoms with E-state index in [1.165, 1.54) is 7.11 Å². The van der Waals surface area contributed by atoms with Crippen molar-refractivity contribution in [3.63, 3.8) is 0 Å². The highest BCUT2D eigenvalue weighted by molar-refractivity contribution is 9.10. The number of allylic oxidation sites excluding steroid dienone is 1. The summed E-state index contributed by atoms with van der Waals surface area (Å²) < 4.78 is 22.9. The second-order valence-corrected chi connectivity index (χ2v) is 7.75. The Kier molecular flexibility index (Phi) is 6.28. The van der Waals surface area contributed by atoms with Gasteiger partial charge in [-0.15, -0.1) is 0 Å². The lowest BCUT2D eigenvalue weighted by Gasteiger charge is -2.10. The minimum absolute atomic E-state index is 0.190. The van der Waals surface area contributed by atoms with Crippen LogP contribution in [0.4, 0.5) is 0 Å². The maximum atomic E-state index is 12.7. The van der Waals surface area contributed by atoms with Gasteiger partial charge in [-0.05, 0) is 67.1 Å². The summed E-state index contributed by atoms with van der Waals surface area (Å²) in [6.07, 6.45) is 1.62. The van der Waals surface area contributed by atoms with E-state index in [0.717, 1.165) is 4.47 Å². The van der Waals surface area contributed by atoms with E-state index in [1.807, 2.05) is 6.92 Å². The molecule has 162 valence electrons. The number of ether oxygens (including phenoxy) is 4. The van der Waals surface area contributed by atoms with Crippen molar-refractivity contribution in [1.29, 1.82) is 0 Å². The summed E-state index contributed by atoms with van der Waals surface area (Å²) in [4.78, 5) is 25.1. The first-order chi connectivity index (χ1) is 15.5. The predicted molar refractivity (Wildman–Crippen MR) is 123 cm³/mol. The third kappa shape index (κ3) is 4.53. The minimum Gasteiger partial charge on any atom is -0.494 e. The molecule has 3 aromatic rings. The molecule has 1 aliphatic rings. The zero-order valence-electron chi connectivity index (χ0n) is 17.4. The Morgan fingerprint density at radius 2 is 1.81 bits per heavy atom. The maximum absolute atomic E-state index is 12.7. The number of carbonyl (C=O) groups is 2. The number of methoxy groups -OCH3 is 1. The summed E-state index contributed by atoms with van der Waals surface area (Å²) >= 11 is 3.33. The smallest absolute Gasteiger partial charge is 0.343 e. The van der Waals surface area contributed by atoms with Crippen molar-refractivity contribution < 1.29 is 28.5 Å². The van der Waals surface area contributed by atoms with Gasteiger partial charge in [-0.3, -0.25) is 4.79 Å². The summed E-state index contributed by atoms with van der Waals surface area (Å²) in [7, 11) is 1.48. The Morgan fingerprint density at radius 3 is 2.53 bits per heavy atom. The van der Waals surface area contributed by atoms with E-state index in [0.29, 0.717) is 40.5 Å². The number of rotatable bonds is 6. The Morgan fingerprint density at radius 1 is 1.03 bits per heavy atom. The van der Waals surface area contributed by atoms with Crippen molar-refractivity contribution in [3.8, 4) is 23.0 Å². The van der Waals surface area contributed by atoms with Crippen LogP contribution in [0.25, 0.3) is 6.08 Å². The van der Waals surface area contributed by atoms with Crippen molar-refractivity contribution in [2.45, 2.75) is 6.92 Å². The molecule has 7 heteroatoms. The van der Waals surface area contributed by atoms with Gasteiger partial charge in [-0.1, -0.05) is 22.0 Å². The molecule has 0 saturated heterocycles. The van der Waals surface area contributed by atoms with Gasteiger partial charge >= 0.3 is 5.97 Å². The number of Topliss-reactive ketones (excluding diaryl/α,β-unsaturated/α-hetero) is 1. The zero-order valence-corrected chi connectivity index (χ0v) is 19.0. The number of hydrogen-bond donors (Lipinski definition) is 0. The molecule has 0 radical (unpaired) electrons. The number of hydrogen-bond acceptors (Lipinski definition) is 6. The van der Waals surface area contributed by atoms with E-state index in [1.54, 1.807) is 66.7 Å². The molecule has 0 unspecified atom stereocenters. The molecule has 0 atom stereocenters. The van der Waals surface area contributed by atoms with Crippen LogP contribution in [0.3, 0.4) is 0 Å². The number of esters is 1. The Bertz CT molecular complexity index is 1210. The highest BCUT2D eigenvalue weighted by Gasteiger charge is 2.28. The highest BCUT2D eigenvalue weighted by Crippen LogP contribution is 2.36. The summed E-state index contributed by atoms with van der Waals surface area (Å²) in [6.45, 7) is 2.41. The SMILES string of the molecule is CCOc1ccc2c(c1)O/C(=C\c1ccc(OC(=O)c3ccc(Br)cc3)c(OC)c1)C2=O. The summed E-state index contributed by atoms with van der Waals surface area (Å²) in [5.41, 5.74) is 1.55. The summed E-state index contributed by atoms with van der Waals surface area (Å²) in [5.74, 6) is 1.19. The zero-order chi connectivity index (χ0) is 22.7. The third-order valence-corrected chi connectivity index (χ3v) is 5.25. The number of benzene rings is 3. The van der Waals surface area contributed by atoms with Gasteiger partial charge in [-0.25, -0.2) is 4.79 Å². The van der Waals surface area contributed by atoms with E-state index < -0.39 is 5.97 Å². The van der Waals surface area contributed by atoms with Gasteiger partial charge in [-0.2, -0.15) is 0 Å². The first-order valence-corrected chi connectivity index (χ1v) is 10.6. The van der Waals surface area contributed by atoms with Gasteiger partial charge in [0.2, 0.25) is 5.78 Å². The normalized spacial score (nSPS) is 13.5. The second-order valence-electron chi connectivity index (χ2n) is 6.84. The maximum Gasteiger partial charge on any atom is 0.343 e. The van der Waals surface area contributed by atoms with Crippen LogP contribution in [0, 0.1) is 0 Å². The standard InChI is InChI=1S/C25H19BrO6/c1-3-30-18-9-10-19-21(14-18)31-23(24(19)27)13-15-4-11-20(22(12-15)29-2)32-25(28)16-5-7-17(26)8-6-16/h4-14H,3H2,1-2H3/b23-13-. The lowest BCUT2D eigenvalue weighted by atomic mass is 10.1. The minimum atomic E-state index is -0.503. The van der Waals surface area contributed by atoms with Crippen molar-refractivity contribution in [2.24, 2.45) is 0 Å². The summed E-state index contributed by atoms with van der Waals surface area (Å²) in [6, 6.07) is 17.0. The lowest BCUT2D eigenvalue weighted by molar-refractivity contribution is 0.0729. The first-order valence-electron chi connectivity index (χ1n) is 9.85. The molecule has 0 spiro atoms. The van der Waals surface area contributed by atoms with Gasteiger partial charge in [0.25, 0.3) is 0 Å². The topological polar surface area (TPSA) is 71.1 Å². The van der Waals surface area contributed by atoms with Crippen LogP contribution in [0.15, 0.2) is 70.9 Å². The van der Waals surface area contributed by atoms with E-state index in [9.17, 15) is 9.59 Å². The van der Waals surface area contributed by atoms with E-state index in [2.05, 4.69) is 15.9 Å². The van der Waals surface area contributed by atoms with Gasteiger partial charge < -0.3 is 18.9 Å². The second kappa shape index (κ2) is 9.28. The number of fused-ring (bicyclic) bond motifs is 1. The quantitative estimate of drug-likeness (QED) is 0.249. The van der Waals surface area contributed by atoms with Crippen molar-refractivity contribution >= 4 is 33.8 Å². The average Bonchev–Trinajstić information content (AvgIpc) is 3.10. The van der Waals surface area contributed by atoms with Crippen LogP contribution in [-0.4, -0.2) is 25.5 Å². The van der Waals surface area contributed by atoms with Crippen LogP contribution >= 0.6 is 15.9 Å². The van der Waals surface area contributed by atoms with Gasteiger partial charge in [0.05, 0.1) is 24.8 Å². The van der Waals surface area contributed by atoms with E-state index >= 15 is 0 Å². The van der Waals surface area contributed by atoms with Crippen molar-refractivity contribution in [2.75, 3.05) is 13.7 Å². The molecule has 32 heavy (non-hydrogen) atoms. The molecule has 1 heterocycles. The van der Waals surface area contributed by atoms with Crippen LogP contribution < -0.4 is 18.9 Å². The van der Waals surface area contributed by atoms with Gasteiger partial charge in [0.15, 0.2) is 17.3 Å². The van der Waals surface area contributed by atoms with Crippen LogP contribution in [0.1, 0.15) is 33.2 Å². The Hall–Kier alpha value is -3.58. The Labute approximate surface area is 193 Å². The molecular weight excluding hydrogens is 476 g/mol. The molecule has 1 aliphatic heterocycles. The fraction of sp³-hybridized carbons (Fsp3) is 0.120. The molecule has 3 aromatic carbocycles. The number of ketones is 1. The molecule has 6 nitrogen and oxygen atoms in total. The molecule has 0 fully saturated rings. The van der Waals surface area contributed by atoms with E-state index in [-0.39, 0.29) is 17.3 Å². The molecular formula is C25H19BrO6. The third-order valence-electron chi connectivity index (χ3n) is 4.72. The van der Waals surface area contributed by atoms with Crippen LogP contribution in [0.2, 0.25) is 0 Å². The highest BCUT2D eigenvalue weighted by atomic mass is 79.9. The number of carbonyl (C=O) groups excluding carboxylic acids is 2. The first kappa shape index (κ1) is 21.6. The fourth-order valence-electron chi connectivity index (χ4n) is 3.18. The average molecular weight is 495 g/mol. The molecule has 0 aromatic heterocycles. The van der Waals surface area contributed by atoms with Gasteiger partial charge in [0, 0.05) is 10.5 Å². The molecule has 0 amide bonds. The molecule has 0 aliphatic carbocycles. The largest absolute Gasteiger partial charge is 0.494 e. The fourth-order valence-corrected chi connectivity index (χ4v) is 3.44. The lowest BCUT2D eigenvalue weighted by Crippen LogP contribution is -2.09. The number of halogens is 1. The van der Waals surface area contributed by atoms with Crippen molar-refractivity contribution in [3.05, 3.63) is 87.6 Å². The molecule has 0 N–H and O–H groups in total. The van der Waals surface area contributed by atoms with E-state index in [4.69, 9.17) is 18.9 Å². The predicted octanol–water partition coefficient (Wildman–Crippen LogP) is 5.69. The van der Waals surface area contributed by atoms with Crippen LogP contribution in [0.5, 0.6) is 23.0 Å². The van der Waals surface area contributed by atoms with Crippen molar-refractivity contribution in [1.82, 2.24) is 0 Å². The molecule has 4 rings (SSSR count). The Balaban J connectivity index is 1.55.